The molecule has 4 heteroatoms. The number of phenolic OH excluding ortho intramolecular Hbond substituents is 1. The van der Waals surface area contributed by atoms with Crippen LogP contribution in [0.1, 0.15) is 29.5 Å². The van der Waals surface area contributed by atoms with Crippen LogP contribution in [0.5, 0.6) is 17.2 Å². The van der Waals surface area contributed by atoms with Crippen molar-refractivity contribution in [2.75, 3.05) is 21.3 Å². The van der Waals surface area contributed by atoms with E-state index in [1.807, 2.05) is 36.4 Å². The molecule has 0 saturated heterocycles. The van der Waals surface area contributed by atoms with Gasteiger partial charge in [0.15, 0.2) is 0 Å². The van der Waals surface area contributed by atoms with Crippen molar-refractivity contribution >= 4 is 0 Å². The number of rotatable bonds is 7. The zero-order valence-corrected chi connectivity index (χ0v) is 18.7. The maximum atomic E-state index is 10.0. The average Bonchev–Trinajstić information content (AvgIpc) is 2.86. The van der Waals surface area contributed by atoms with Crippen LogP contribution >= 0.6 is 0 Å². The lowest BCUT2D eigenvalue weighted by atomic mass is 9.63. The Kier molecular flexibility index (Phi) is 6.22. The molecule has 1 aliphatic carbocycles. The Balaban J connectivity index is 2.03. The Labute approximate surface area is 189 Å². The van der Waals surface area contributed by atoms with Crippen molar-refractivity contribution in [3.63, 3.8) is 0 Å². The van der Waals surface area contributed by atoms with E-state index in [9.17, 15) is 5.11 Å². The summed E-state index contributed by atoms with van der Waals surface area (Å²) >= 11 is 0. The molecule has 0 bridgehead atoms. The maximum Gasteiger partial charge on any atom is 0.118 e. The highest BCUT2D eigenvalue weighted by molar-refractivity contribution is 5.61. The quantitative estimate of drug-likeness (QED) is 0.469. The number of allylic oxidation sites excluding steroid dienone is 4. The van der Waals surface area contributed by atoms with Crippen molar-refractivity contribution in [3.05, 3.63) is 113 Å². The van der Waals surface area contributed by atoms with Gasteiger partial charge in [0.05, 0.1) is 32.5 Å². The summed E-state index contributed by atoms with van der Waals surface area (Å²) in [7, 11) is 5.06. The smallest absolute Gasteiger partial charge is 0.118 e. The van der Waals surface area contributed by atoms with Crippen LogP contribution in [-0.2, 0) is 10.2 Å². The Morgan fingerprint density at radius 2 is 1.06 bits per heavy atom. The second kappa shape index (κ2) is 9.23. The van der Waals surface area contributed by atoms with Crippen molar-refractivity contribution in [1.29, 1.82) is 0 Å². The predicted molar refractivity (Wildman–Crippen MR) is 126 cm³/mol. The van der Waals surface area contributed by atoms with Crippen molar-refractivity contribution in [2.24, 2.45) is 0 Å². The summed E-state index contributed by atoms with van der Waals surface area (Å²) < 4.78 is 16.3. The van der Waals surface area contributed by atoms with Gasteiger partial charge in [-0.05, 0) is 65.6 Å². The number of hydrogen-bond donors (Lipinski definition) is 1. The lowest BCUT2D eigenvalue weighted by molar-refractivity contribution is 0.274. The first-order chi connectivity index (χ1) is 15.6. The van der Waals surface area contributed by atoms with Gasteiger partial charge in [-0.25, -0.2) is 0 Å². The minimum atomic E-state index is -0.554. The lowest BCUT2D eigenvalue weighted by Crippen LogP contribution is -2.32. The van der Waals surface area contributed by atoms with Gasteiger partial charge in [-0.15, -0.1) is 0 Å². The maximum absolute atomic E-state index is 10.0. The SMILES string of the molecule is COC1=CC=C(C(c2ccc(O)cc2)(c2ccc(OC)cc2)c2ccc(OC)cc2)CC1. The van der Waals surface area contributed by atoms with Gasteiger partial charge in [0.2, 0.25) is 0 Å². The average molecular weight is 429 g/mol. The normalized spacial score (nSPS) is 13.7. The fraction of sp³-hybridized carbons (Fsp3) is 0.214. The van der Waals surface area contributed by atoms with Crippen LogP contribution in [0.15, 0.2) is 96.3 Å². The number of hydrogen-bond acceptors (Lipinski definition) is 4. The van der Waals surface area contributed by atoms with Gasteiger partial charge in [-0.3, -0.25) is 0 Å². The topological polar surface area (TPSA) is 47.9 Å². The molecule has 0 aromatic heterocycles. The van der Waals surface area contributed by atoms with E-state index in [0.29, 0.717) is 0 Å². The zero-order chi connectivity index (χ0) is 22.6. The Bertz CT molecular complexity index is 1060. The first kappa shape index (κ1) is 21.6. The number of methoxy groups -OCH3 is 3. The van der Waals surface area contributed by atoms with E-state index in [2.05, 4.69) is 36.4 Å². The van der Waals surface area contributed by atoms with E-state index in [-0.39, 0.29) is 5.75 Å². The van der Waals surface area contributed by atoms with E-state index < -0.39 is 5.41 Å². The van der Waals surface area contributed by atoms with Crippen molar-refractivity contribution < 1.29 is 19.3 Å². The second-order valence-corrected chi connectivity index (χ2v) is 7.78. The Morgan fingerprint density at radius 1 is 0.594 bits per heavy atom. The summed E-state index contributed by atoms with van der Waals surface area (Å²) in [5.74, 6) is 2.83. The number of phenols is 1. The van der Waals surface area contributed by atoms with Gasteiger partial charge in [0, 0.05) is 6.42 Å². The van der Waals surface area contributed by atoms with E-state index in [4.69, 9.17) is 14.2 Å². The molecule has 4 rings (SSSR count). The third kappa shape index (κ3) is 3.84. The van der Waals surface area contributed by atoms with Gasteiger partial charge in [0.25, 0.3) is 0 Å². The van der Waals surface area contributed by atoms with Crippen molar-refractivity contribution in [1.82, 2.24) is 0 Å². The van der Waals surface area contributed by atoms with E-state index in [1.165, 1.54) is 5.57 Å². The summed E-state index contributed by atoms with van der Waals surface area (Å²) in [6.07, 6.45) is 5.90. The van der Waals surface area contributed by atoms with Crippen molar-refractivity contribution in [2.45, 2.75) is 18.3 Å². The number of ether oxygens (including phenoxy) is 3. The minimum absolute atomic E-state index is 0.242. The predicted octanol–water partition coefficient (Wildman–Crippen LogP) is 5.99. The highest BCUT2D eigenvalue weighted by Crippen LogP contribution is 2.49. The van der Waals surface area contributed by atoms with Crippen LogP contribution in [0.25, 0.3) is 0 Å². The lowest BCUT2D eigenvalue weighted by Gasteiger charge is -2.39. The standard InChI is InChI=1S/C28H28O4/c1-30-25-14-6-21(7-15-25)28(20-4-12-24(29)13-5-20,22-8-16-26(31-2)17-9-22)23-10-18-27(32-3)19-11-23/h4-10,12-18,29H,11,19H2,1-3H3. The summed E-state index contributed by atoms with van der Waals surface area (Å²) in [6, 6.07) is 23.9. The minimum Gasteiger partial charge on any atom is -0.508 e. The van der Waals surface area contributed by atoms with Gasteiger partial charge in [-0.2, -0.15) is 0 Å². The van der Waals surface area contributed by atoms with Crippen LogP contribution < -0.4 is 9.47 Å². The molecule has 0 atom stereocenters. The van der Waals surface area contributed by atoms with Crippen LogP contribution in [0.2, 0.25) is 0 Å². The highest BCUT2D eigenvalue weighted by Gasteiger charge is 2.40. The third-order valence-electron chi connectivity index (χ3n) is 6.20. The molecular formula is C28H28O4. The Morgan fingerprint density at radius 3 is 1.44 bits per heavy atom. The molecule has 4 nitrogen and oxygen atoms in total. The van der Waals surface area contributed by atoms with Gasteiger partial charge in [-0.1, -0.05) is 48.0 Å². The molecule has 1 aliphatic rings. The molecule has 1 N–H and O–H groups in total. The Hall–Kier alpha value is -3.66. The molecular weight excluding hydrogens is 400 g/mol. The first-order valence-corrected chi connectivity index (χ1v) is 10.6. The van der Waals surface area contributed by atoms with Gasteiger partial charge in [0.1, 0.15) is 17.2 Å². The summed E-state index contributed by atoms with van der Waals surface area (Å²) in [6.45, 7) is 0. The first-order valence-electron chi connectivity index (χ1n) is 10.6. The molecule has 0 heterocycles. The molecule has 0 unspecified atom stereocenters. The zero-order valence-electron chi connectivity index (χ0n) is 18.7. The molecule has 3 aromatic rings. The molecule has 0 radical (unpaired) electrons. The third-order valence-corrected chi connectivity index (χ3v) is 6.20. The molecule has 0 fully saturated rings. The monoisotopic (exact) mass is 428 g/mol. The number of benzene rings is 3. The van der Waals surface area contributed by atoms with E-state index in [0.717, 1.165) is 46.8 Å². The fourth-order valence-electron chi connectivity index (χ4n) is 4.55. The number of aromatic hydroxyl groups is 1. The molecule has 32 heavy (non-hydrogen) atoms. The second-order valence-electron chi connectivity index (χ2n) is 7.78. The van der Waals surface area contributed by atoms with Crippen LogP contribution in [0.3, 0.4) is 0 Å². The fourth-order valence-corrected chi connectivity index (χ4v) is 4.55. The largest absolute Gasteiger partial charge is 0.508 e. The van der Waals surface area contributed by atoms with E-state index >= 15 is 0 Å². The van der Waals surface area contributed by atoms with Crippen molar-refractivity contribution in [3.8, 4) is 17.2 Å². The molecule has 0 spiro atoms. The molecule has 164 valence electrons. The van der Waals surface area contributed by atoms with Gasteiger partial charge < -0.3 is 19.3 Å². The summed E-state index contributed by atoms with van der Waals surface area (Å²) in [5, 5.41) is 10.0. The van der Waals surface area contributed by atoms with Gasteiger partial charge >= 0.3 is 0 Å². The van der Waals surface area contributed by atoms with Crippen LogP contribution in [0, 0.1) is 0 Å². The summed E-state index contributed by atoms with van der Waals surface area (Å²) in [4.78, 5) is 0. The molecule has 0 aliphatic heterocycles. The van der Waals surface area contributed by atoms with Crippen LogP contribution in [-0.4, -0.2) is 26.4 Å². The summed E-state index contributed by atoms with van der Waals surface area (Å²) in [5.41, 5.74) is 4.01. The van der Waals surface area contributed by atoms with E-state index in [1.54, 1.807) is 33.5 Å². The molecule has 0 saturated carbocycles. The highest BCUT2D eigenvalue weighted by atomic mass is 16.5. The molecule has 0 amide bonds. The molecule has 3 aromatic carbocycles. The van der Waals surface area contributed by atoms with Crippen LogP contribution in [0.4, 0.5) is 0 Å².